The Kier molecular flexibility index (Phi) is 9.65. The standard InChI is InChI=1S/C28H40N2/c1-12-14-15-24(9)29-17-16-22(7)18-27(20(3)4)30(26(11)19-25(29)10)28(21(5)6)23(8)13-2/h12-16,18,24,26H,1-3,5,10,17,19H2,4,6-9,11H3/b15-14?,22-16+,27-18-,28-23-. The van der Waals surface area contributed by atoms with Crippen molar-refractivity contribution < 1.29 is 0 Å². The third-order valence-electron chi connectivity index (χ3n) is 5.39. The summed E-state index contributed by atoms with van der Waals surface area (Å²) in [6.45, 7) is 34.4. The maximum absolute atomic E-state index is 4.46. The number of hydrogen-bond acceptors (Lipinski definition) is 2. The van der Waals surface area contributed by atoms with Gasteiger partial charge in [-0.25, -0.2) is 0 Å². The van der Waals surface area contributed by atoms with Crippen molar-refractivity contribution in [3.8, 4) is 0 Å². The Labute approximate surface area is 185 Å². The SMILES string of the molecule is C=CC=CC(C)N1C/C=C(C)/C=C(/C(=C)C)N(/C(C(=C)C)=C(/C)C=C)C(C)CC1=C. The second-order valence-corrected chi connectivity index (χ2v) is 8.28. The van der Waals surface area contributed by atoms with Crippen LogP contribution >= 0.6 is 0 Å². The largest absolute Gasteiger partial charge is 0.365 e. The van der Waals surface area contributed by atoms with Crippen LogP contribution in [0.15, 0.2) is 109 Å². The van der Waals surface area contributed by atoms with Crippen molar-refractivity contribution in [1.29, 1.82) is 0 Å². The van der Waals surface area contributed by atoms with Gasteiger partial charge in [0.05, 0.1) is 0 Å². The monoisotopic (exact) mass is 404 g/mol. The van der Waals surface area contributed by atoms with Crippen LogP contribution in [0.5, 0.6) is 0 Å². The molecule has 1 aliphatic heterocycles. The van der Waals surface area contributed by atoms with E-state index in [2.05, 4.69) is 102 Å². The molecule has 0 N–H and O–H groups in total. The van der Waals surface area contributed by atoms with Crippen molar-refractivity contribution >= 4 is 0 Å². The molecule has 1 heterocycles. The molecule has 0 bridgehead atoms. The highest BCUT2D eigenvalue weighted by molar-refractivity contribution is 5.44. The molecule has 1 aliphatic rings. The van der Waals surface area contributed by atoms with Crippen LogP contribution in [0, 0.1) is 0 Å². The van der Waals surface area contributed by atoms with Gasteiger partial charge in [0.25, 0.3) is 0 Å². The smallest absolute Gasteiger partial charge is 0.0466 e. The summed E-state index contributed by atoms with van der Waals surface area (Å²) in [5, 5.41) is 0. The fourth-order valence-corrected chi connectivity index (χ4v) is 3.80. The van der Waals surface area contributed by atoms with Crippen LogP contribution in [-0.2, 0) is 0 Å². The number of allylic oxidation sites excluding steroid dienone is 8. The second kappa shape index (κ2) is 11.4. The molecular weight excluding hydrogens is 364 g/mol. The molecule has 0 radical (unpaired) electrons. The molecule has 2 heteroatoms. The van der Waals surface area contributed by atoms with Crippen LogP contribution in [0.1, 0.15) is 48.0 Å². The van der Waals surface area contributed by atoms with E-state index in [-0.39, 0.29) is 12.1 Å². The quantitative estimate of drug-likeness (QED) is 0.406. The van der Waals surface area contributed by atoms with Gasteiger partial charge in [-0.2, -0.15) is 0 Å². The molecule has 0 aliphatic carbocycles. The molecule has 0 fully saturated rings. The van der Waals surface area contributed by atoms with Crippen molar-refractivity contribution in [3.05, 3.63) is 109 Å². The van der Waals surface area contributed by atoms with E-state index in [1.54, 1.807) is 0 Å². The van der Waals surface area contributed by atoms with Crippen molar-refractivity contribution in [2.45, 2.75) is 60.0 Å². The van der Waals surface area contributed by atoms with Gasteiger partial charge in [-0.3, -0.25) is 0 Å². The van der Waals surface area contributed by atoms with Gasteiger partial charge < -0.3 is 9.80 Å². The zero-order valence-corrected chi connectivity index (χ0v) is 20.0. The average molecular weight is 405 g/mol. The predicted molar refractivity (Wildman–Crippen MR) is 135 cm³/mol. The van der Waals surface area contributed by atoms with Crippen LogP contribution in [0.25, 0.3) is 0 Å². The third kappa shape index (κ3) is 6.38. The molecule has 1 rings (SSSR count). The molecule has 0 aromatic rings. The minimum absolute atomic E-state index is 0.172. The molecule has 0 aromatic heterocycles. The first-order chi connectivity index (χ1) is 14.0. The Morgan fingerprint density at radius 1 is 1.20 bits per heavy atom. The Balaban J connectivity index is 3.67. The fraction of sp³-hybridized carbons (Fsp3) is 0.357. The maximum Gasteiger partial charge on any atom is 0.0466 e. The lowest BCUT2D eigenvalue weighted by atomic mass is 9.99. The number of hydrogen-bond donors (Lipinski definition) is 0. The summed E-state index contributed by atoms with van der Waals surface area (Å²) in [5.41, 5.74) is 7.64. The molecule has 30 heavy (non-hydrogen) atoms. The highest BCUT2D eigenvalue weighted by Gasteiger charge is 2.26. The maximum atomic E-state index is 4.46. The summed E-state index contributed by atoms with van der Waals surface area (Å²) in [4.78, 5) is 4.71. The Bertz CT molecular complexity index is 829. The van der Waals surface area contributed by atoms with E-state index in [9.17, 15) is 0 Å². The van der Waals surface area contributed by atoms with Gasteiger partial charge in [0.15, 0.2) is 0 Å². The van der Waals surface area contributed by atoms with E-state index < -0.39 is 0 Å². The number of rotatable bonds is 7. The van der Waals surface area contributed by atoms with Crippen LogP contribution in [0.4, 0.5) is 0 Å². The summed E-state index contributed by atoms with van der Waals surface area (Å²) in [6, 6.07) is 0.404. The first kappa shape index (κ1) is 25.3. The summed E-state index contributed by atoms with van der Waals surface area (Å²) >= 11 is 0. The zero-order valence-electron chi connectivity index (χ0n) is 20.0. The molecule has 0 amide bonds. The molecule has 0 saturated heterocycles. The zero-order chi connectivity index (χ0) is 23.0. The Hall–Kier alpha value is -2.74. The highest BCUT2D eigenvalue weighted by Crippen LogP contribution is 2.33. The summed E-state index contributed by atoms with van der Waals surface area (Å²) in [6.07, 6.45) is 13.2. The van der Waals surface area contributed by atoms with Crippen LogP contribution < -0.4 is 0 Å². The molecule has 2 atom stereocenters. The first-order valence-electron chi connectivity index (χ1n) is 10.6. The molecule has 162 valence electrons. The lowest BCUT2D eigenvalue weighted by Crippen LogP contribution is -2.38. The fourth-order valence-electron chi connectivity index (χ4n) is 3.80. The molecule has 2 unspecified atom stereocenters. The predicted octanol–water partition coefficient (Wildman–Crippen LogP) is 7.47. The Morgan fingerprint density at radius 2 is 1.83 bits per heavy atom. The van der Waals surface area contributed by atoms with E-state index in [0.717, 1.165) is 46.8 Å². The third-order valence-corrected chi connectivity index (χ3v) is 5.39. The molecular formula is C28H40N2. The Morgan fingerprint density at radius 3 is 2.33 bits per heavy atom. The van der Waals surface area contributed by atoms with Gasteiger partial charge in [-0.05, 0) is 64.3 Å². The summed E-state index contributed by atoms with van der Waals surface area (Å²) in [5.74, 6) is 0. The lowest BCUT2D eigenvalue weighted by molar-refractivity contribution is 0.277. The van der Waals surface area contributed by atoms with Gasteiger partial charge in [-0.1, -0.05) is 68.8 Å². The van der Waals surface area contributed by atoms with Gasteiger partial charge in [0, 0.05) is 42.1 Å². The van der Waals surface area contributed by atoms with Gasteiger partial charge in [-0.15, -0.1) is 0 Å². The number of nitrogens with zero attached hydrogens (tertiary/aromatic N) is 2. The normalized spacial score (nSPS) is 23.7. The first-order valence-corrected chi connectivity index (χ1v) is 10.6. The summed E-state index contributed by atoms with van der Waals surface area (Å²) in [7, 11) is 0. The molecule has 0 saturated carbocycles. The van der Waals surface area contributed by atoms with Crippen LogP contribution in [0.3, 0.4) is 0 Å². The van der Waals surface area contributed by atoms with E-state index in [1.807, 2.05) is 18.2 Å². The minimum Gasteiger partial charge on any atom is -0.365 e. The van der Waals surface area contributed by atoms with Crippen LogP contribution in [-0.4, -0.2) is 28.4 Å². The van der Waals surface area contributed by atoms with E-state index in [1.165, 1.54) is 5.57 Å². The van der Waals surface area contributed by atoms with Crippen molar-refractivity contribution in [1.82, 2.24) is 9.80 Å². The van der Waals surface area contributed by atoms with Crippen LogP contribution in [0.2, 0.25) is 0 Å². The molecule has 2 nitrogen and oxygen atoms in total. The molecule has 0 aromatic carbocycles. The van der Waals surface area contributed by atoms with Crippen molar-refractivity contribution in [2.75, 3.05) is 6.54 Å². The van der Waals surface area contributed by atoms with Gasteiger partial charge in [0.2, 0.25) is 0 Å². The molecule has 0 spiro atoms. The van der Waals surface area contributed by atoms with Gasteiger partial charge in [0.1, 0.15) is 0 Å². The van der Waals surface area contributed by atoms with Crippen molar-refractivity contribution in [3.63, 3.8) is 0 Å². The lowest BCUT2D eigenvalue weighted by Gasteiger charge is -2.40. The van der Waals surface area contributed by atoms with Crippen molar-refractivity contribution in [2.24, 2.45) is 0 Å². The topological polar surface area (TPSA) is 6.48 Å². The van der Waals surface area contributed by atoms with E-state index in [4.69, 9.17) is 0 Å². The van der Waals surface area contributed by atoms with Gasteiger partial charge >= 0.3 is 0 Å². The average Bonchev–Trinajstić information content (AvgIpc) is 2.67. The minimum atomic E-state index is 0.172. The second-order valence-electron chi connectivity index (χ2n) is 8.28. The highest BCUT2D eigenvalue weighted by atomic mass is 15.2. The van der Waals surface area contributed by atoms with E-state index >= 15 is 0 Å². The summed E-state index contributed by atoms with van der Waals surface area (Å²) < 4.78 is 0. The van der Waals surface area contributed by atoms with E-state index in [0.29, 0.717) is 0 Å².